The number of methoxy groups -OCH3 is 1. The molecule has 0 aliphatic rings. The van der Waals surface area contributed by atoms with Crippen molar-refractivity contribution in [3.63, 3.8) is 0 Å². The highest BCUT2D eigenvalue weighted by molar-refractivity contribution is 5.93. The molecule has 6 nitrogen and oxygen atoms in total. The average molecular weight is 341 g/mol. The highest BCUT2D eigenvalue weighted by Crippen LogP contribution is 2.27. The standard InChI is InChI=1S/C19H23N3O3/c1-14(23)21-18-12-16(8-9-17(18)20)22(11-10-19(24)25-2)13-15-6-4-3-5-7-15/h3-9,12H,10-11,13,20H2,1-2H3,(H,21,23). The van der Waals surface area contributed by atoms with Gasteiger partial charge in [-0.3, -0.25) is 9.59 Å². The molecule has 0 radical (unpaired) electrons. The summed E-state index contributed by atoms with van der Waals surface area (Å²) >= 11 is 0. The third kappa shape index (κ3) is 5.53. The third-order valence-corrected chi connectivity index (χ3v) is 3.74. The fourth-order valence-corrected chi connectivity index (χ4v) is 2.47. The van der Waals surface area contributed by atoms with Gasteiger partial charge in [0.2, 0.25) is 5.91 Å². The van der Waals surface area contributed by atoms with E-state index in [0.717, 1.165) is 11.3 Å². The molecule has 0 bridgehead atoms. The summed E-state index contributed by atoms with van der Waals surface area (Å²) in [5.41, 5.74) is 8.96. The summed E-state index contributed by atoms with van der Waals surface area (Å²) in [5, 5.41) is 2.73. The van der Waals surface area contributed by atoms with Crippen molar-refractivity contribution in [2.75, 3.05) is 29.6 Å². The maximum absolute atomic E-state index is 11.5. The SMILES string of the molecule is COC(=O)CCN(Cc1ccccc1)c1ccc(N)c(NC(C)=O)c1. The van der Waals surface area contributed by atoms with E-state index in [4.69, 9.17) is 10.5 Å². The van der Waals surface area contributed by atoms with Crippen LogP contribution in [0.2, 0.25) is 0 Å². The van der Waals surface area contributed by atoms with Gasteiger partial charge >= 0.3 is 5.97 Å². The van der Waals surface area contributed by atoms with E-state index in [0.29, 0.717) is 24.5 Å². The molecule has 0 saturated heterocycles. The van der Waals surface area contributed by atoms with Crippen molar-refractivity contribution in [1.82, 2.24) is 0 Å². The minimum Gasteiger partial charge on any atom is -0.469 e. The van der Waals surface area contributed by atoms with E-state index < -0.39 is 0 Å². The Labute approximate surface area is 147 Å². The van der Waals surface area contributed by atoms with Crippen LogP contribution in [0, 0.1) is 0 Å². The lowest BCUT2D eigenvalue weighted by Gasteiger charge is -2.25. The maximum Gasteiger partial charge on any atom is 0.307 e. The molecule has 3 N–H and O–H groups in total. The molecule has 0 heterocycles. The monoisotopic (exact) mass is 341 g/mol. The molecule has 0 aliphatic carbocycles. The first kappa shape index (κ1) is 18.3. The summed E-state index contributed by atoms with van der Waals surface area (Å²) in [6.45, 7) is 2.55. The molecule has 0 aliphatic heterocycles. The lowest BCUT2D eigenvalue weighted by Crippen LogP contribution is -2.26. The number of benzene rings is 2. The Hall–Kier alpha value is -3.02. The second-order valence-corrected chi connectivity index (χ2v) is 5.69. The number of carbonyl (C=O) groups is 2. The average Bonchev–Trinajstić information content (AvgIpc) is 2.60. The second-order valence-electron chi connectivity index (χ2n) is 5.69. The Morgan fingerprint density at radius 2 is 1.88 bits per heavy atom. The van der Waals surface area contributed by atoms with Gasteiger partial charge in [0.1, 0.15) is 0 Å². The molecule has 132 valence electrons. The molecule has 1 amide bonds. The number of rotatable bonds is 7. The fraction of sp³-hybridized carbons (Fsp3) is 0.263. The fourth-order valence-electron chi connectivity index (χ4n) is 2.47. The van der Waals surface area contributed by atoms with Gasteiger partial charge in [0.15, 0.2) is 0 Å². The molecule has 2 aromatic rings. The molecule has 25 heavy (non-hydrogen) atoms. The van der Waals surface area contributed by atoms with Crippen LogP contribution in [0.5, 0.6) is 0 Å². The third-order valence-electron chi connectivity index (χ3n) is 3.74. The molecule has 6 heteroatoms. The van der Waals surface area contributed by atoms with Crippen LogP contribution in [-0.2, 0) is 20.9 Å². The van der Waals surface area contributed by atoms with Crippen LogP contribution in [0.15, 0.2) is 48.5 Å². The number of nitrogens with zero attached hydrogens (tertiary/aromatic N) is 1. The van der Waals surface area contributed by atoms with Gasteiger partial charge in [0, 0.05) is 25.7 Å². The first-order valence-electron chi connectivity index (χ1n) is 8.02. The van der Waals surface area contributed by atoms with E-state index in [-0.39, 0.29) is 18.3 Å². The normalized spacial score (nSPS) is 10.2. The van der Waals surface area contributed by atoms with E-state index in [1.165, 1.54) is 14.0 Å². The van der Waals surface area contributed by atoms with Gasteiger partial charge in [-0.25, -0.2) is 0 Å². The van der Waals surface area contributed by atoms with Crippen LogP contribution in [0.25, 0.3) is 0 Å². The Morgan fingerprint density at radius 1 is 1.16 bits per heavy atom. The number of nitrogens with two attached hydrogens (primary N) is 1. The highest BCUT2D eigenvalue weighted by atomic mass is 16.5. The Morgan fingerprint density at radius 3 is 2.52 bits per heavy atom. The van der Waals surface area contributed by atoms with Crippen LogP contribution in [-0.4, -0.2) is 25.5 Å². The summed E-state index contributed by atoms with van der Waals surface area (Å²) in [6.07, 6.45) is 0.267. The van der Waals surface area contributed by atoms with Crippen LogP contribution in [0.4, 0.5) is 17.1 Å². The molecule has 0 atom stereocenters. The highest BCUT2D eigenvalue weighted by Gasteiger charge is 2.13. The van der Waals surface area contributed by atoms with Crippen molar-refractivity contribution in [3.05, 3.63) is 54.1 Å². The zero-order chi connectivity index (χ0) is 18.2. The minimum absolute atomic E-state index is 0.187. The topological polar surface area (TPSA) is 84.7 Å². The lowest BCUT2D eigenvalue weighted by atomic mass is 10.1. The summed E-state index contributed by atoms with van der Waals surface area (Å²) < 4.78 is 4.74. The lowest BCUT2D eigenvalue weighted by molar-refractivity contribution is -0.140. The van der Waals surface area contributed by atoms with Gasteiger partial charge in [-0.2, -0.15) is 0 Å². The van der Waals surface area contributed by atoms with Crippen molar-refractivity contribution >= 4 is 28.9 Å². The number of ether oxygens (including phenoxy) is 1. The van der Waals surface area contributed by atoms with Crippen molar-refractivity contribution in [2.24, 2.45) is 0 Å². The van der Waals surface area contributed by atoms with Crippen LogP contribution in [0.1, 0.15) is 18.9 Å². The summed E-state index contributed by atoms with van der Waals surface area (Å²) in [5.74, 6) is -0.455. The van der Waals surface area contributed by atoms with Gasteiger partial charge in [-0.1, -0.05) is 30.3 Å². The quantitative estimate of drug-likeness (QED) is 0.597. The van der Waals surface area contributed by atoms with Gasteiger partial charge in [-0.05, 0) is 23.8 Å². The van der Waals surface area contributed by atoms with Crippen molar-refractivity contribution in [1.29, 1.82) is 0 Å². The predicted molar refractivity (Wildman–Crippen MR) is 99.3 cm³/mol. The number of hydrogen-bond acceptors (Lipinski definition) is 5. The number of anilines is 3. The van der Waals surface area contributed by atoms with Crippen LogP contribution < -0.4 is 16.0 Å². The van der Waals surface area contributed by atoms with E-state index in [1.807, 2.05) is 42.5 Å². The number of amides is 1. The first-order valence-corrected chi connectivity index (χ1v) is 8.02. The van der Waals surface area contributed by atoms with E-state index in [9.17, 15) is 9.59 Å². The van der Waals surface area contributed by atoms with Crippen LogP contribution in [0.3, 0.4) is 0 Å². The smallest absolute Gasteiger partial charge is 0.307 e. The Bertz CT molecular complexity index is 732. The number of nitrogen functional groups attached to an aromatic ring is 1. The number of carbonyl (C=O) groups excluding carboxylic acids is 2. The molecule has 2 rings (SSSR count). The van der Waals surface area contributed by atoms with Crippen molar-refractivity contribution in [3.8, 4) is 0 Å². The Kier molecular flexibility index (Phi) is 6.39. The molecule has 2 aromatic carbocycles. The van der Waals surface area contributed by atoms with Gasteiger partial charge < -0.3 is 20.7 Å². The molecular formula is C19H23N3O3. The van der Waals surface area contributed by atoms with Crippen LogP contribution >= 0.6 is 0 Å². The minimum atomic E-state index is -0.268. The van der Waals surface area contributed by atoms with E-state index in [1.54, 1.807) is 6.07 Å². The van der Waals surface area contributed by atoms with E-state index >= 15 is 0 Å². The molecule has 0 unspecified atom stereocenters. The molecule has 0 saturated carbocycles. The summed E-state index contributed by atoms with van der Waals surface area (Å²) in [6, 6.07) is 15.4. The first-order chi connectivity index (χ1) is 12.0. The summed E-state index contributed by atoms with van der Waals surface area (Å²) in [7, 11) is 1.38. The second kappa shape index (κ2) is 8.73. The van der Waals surface area contributed by atoms with E-state index in [2.05, 4.69) is 10.2 Å². The Balaban J connectivity index is 2.26. The number of hydrogen-bond donors (Lipinski definition) is 2. The number of nitrogens with one attached hydrogen (secondary N) is 1. The van der Waals surface area contributed by atoms with Gasteiger partial charge in [-0.15, -0.1) is 0 Å². The zero-order valence-corrected chi connectivity index (χ0v) is 14.5. The summed E-state index contributed by atoms with van der Waals surface area (Å²) in [4.78, 5) is 24.9. The molecular weight excluding hydrogens is 318 g/mol. The maximum atomic E-state index is 11.5. The van der Waals surface area contributed by atoms with Gasteiger partial charge in [0.05, 0.1) is 24.9 Å². The molecule has 0 spiro atoms. The predicted octanol–water partition coefficient (Wildman–Crippen LogP) is 2.80. The molecule has 0 fully saturated rings. The zero-order valence-electron chi connectivity index (χ0n) is 14.5. The largest absolute Gasteiger partial charge is 0.469 e. The van der Waals surface area contributed by atoms with Gasteiger partial charge in [0.25, 0.3) is 0 Å². The molecule has 0 aromatic heterocycles. The van der Waals surface area contributed by atoms with Crippen molar-refractivity contribution < 1.29 is 14.3 Å². The van der Waals surface area contributed by atoms with Crippen molar-refractivity contribution in [2.45, 2.75) is 19.9 Å². The number of esters is 1.